The van der Waals surface area contributed by atoms with E-state index in [1.165, 1.54) is 24.3 Å². The van der Waals surface area contributed by atoms with Crippen LogP contribution in [0.3, 0.4) is 0 Å². The van der Waals surface area contributed by atoms with Crippen LogP contribution in [0.15, 0.2) is 47.6 Å². The van der Waals surface area contributed by atoms with Gasteiger partial charge in [-0.1, -0.05) is 23.2 Å². The molecule has 4 nitrogen and oxygen atoms in total. The molecule has 0 saturated heterocycles. The number of phenolic OH excluding ortho intramolecular Hbond substituents is 1. The van der Waals surface area contributed by atoms with Crippen molar-refractivity contribution in [3.8, 4) is 5.75 Å². The van der Waals surface area contributed by atoms with Gasteiger partial charge in [-0.25, -0.2) is 5.43 Å². The molecule has 108 valence electrons. The maximum atomic E-state index is 11.9. The van der Waals surface area contributed by atoms with E-state index in [0.717, 1.165) is 0 Å². The number of rotatable bonds is 3. The molecule has 0 bridgehead atoms. The van der Waals surface area contributed by atoms with Crippen molar-refractivity contribution in [3.05, 3.63) is 63.6 Å². The summed E-state index contributed by atoms with van der Waals surface area (Å²) in [5, 5.41) is 14.2. The first-order chi connectivity index (χ1) is 9.97. The first-order valence-corrected chi connectivity index (χ1v) is 6.82. The summed E-state index contributed by atoms with van der Waals surface area (Å²) in [6.45, 7) is 1.72. The molecule has 2 aromatic rings. The highest BCUT2D eigenvalue weighted by Crippen LogP contribution is 2.21. The van der Waals surface area contributed by atoms with Gasteiger partial charge in [0.25, 0.3) is 5.91 Å². The second-order valence-corrected chi connectivity index (χ2v) is 5.15. The summed E-state index contributed by atoms with van der Waals surface area (Å²) in [4.78, 5) is 11.9. The highest BCUT2D eigenvalue weighted by molar-refractivity contribution is 6.36. The molecular formula is C15H12Cl2N2O2. The van der Waals surface area contributed by atoms with Gasteiger partial charge in [0.15, 0.2) is 0 Å². The van der Waals surface area contributed by atoms with Crippen molar-refractivity contribution in [2.45, 2.75) is 6.92 Å². The Labute approximate surface area is 132 Å². The fourth-order valence-electron chi connectivity index (χ4n) is 1.65. The fraction of sp³-hybridized carbons (Fsp3) is 0.0667. The van der Waals surface area contributed by atoms with Crippen molar-refractivity contribution < 1.29 is 9.90 Å². The van der Waals surface area contributed by atoms with Gasteiger partial charge in [-0.2, -0.15) is 5.10 Å². The highest BCUT2D eigenvalue weighted by atomic mass is 35.5. The van der Waals surface area contributed by atoms with Gasteiger partial charge in [0.1, 0.15) is 5.75 Å². The molecule has 0 heterocycles. The minimum Gasteiger partial charge on any atom is -0.508 e. The average molecular weight is 323 g/mol. The topological polar surface area (TPSA) is 61.7 Å². The Morgan fingerprint density at radius 2 is 1.81 bits per heavy atom. The molecule has 0 aliphatic rings. The SMILES string of the molecule is CC(=NNC(=O)c1ccc(O)cc1)c1cc(Cl)ccc1Cl. The number of nitrogens with zero attached hydrogens (tertiary/aromatic N) is 1. The van der Waals surface area contributed by atoms with Crippen LogP contribution in [0.2, 0.25) is 10.0 Å². The molecule has 2 rings (SSSR count). The normalized spacial score (nSPS) is 11.3. The standard InChI is InChI=1S/C15H12Cl2N2O2/c1-9(13-8-11(16)4-7-14(13)17)18-19-15(21)10-2-5-12(20)6-3-10/h2-8,20H,1H3,(H,19,21). The van der Waals surface area contributed by atoms with Crippen LogP contribution in [0.1, 0.15) is 22.8 Å². The fourth-order valence-corrected chi connectivity index (χ4v) is 2.07. The average Bonchev–Trinajstić information content (AvgIpc) is 2.47. The molecule has 1 amide bonds. The van der Waals surface area contributed by atoms with Crippen molar-refractivity contribution in [1.82, 2.24) is 5.43 Å². The first-order valence-electron chi connectivity index (χ1n) is 6.06. The van der Waals surface area contributed by atoms with Gasteiger partial charge < -0.3 is 5.11 Å². The van der Waals surface area contributed by atoms with Gasteiger partial charge in [-0.3, -0.25) is 4.79 Å². The zero-order valence-electron chi connectivity index (χ0n) is 11.1. The van der Waals surface area contributed by atoms with E-state index < -0.39 is 0 Å². The maximum absolute atomic E-state index is 11.9. The van der Waals surface area contributed by atoms with E-state index in [-0.39, 0.29) is 11.7 Å². The van der Waals surface area contributed by atoms with Gasteiger partial charge in [0, 0.05) is 21.2 Å². The summed E-state index contributed by atoms with van der Waals surface area (Å²) >= 11 is 12.0. The van der Waals surface area contributed by atoms with E-state index in [0.29, 0.717) is 26.9 Å². The Bertz CT molecular complexity index is 697. The van der Waals surface area contributed by atoms with Crippen LogP contribution in [0.4, 0.5) is 0 Å². The van der Waals surface area contributed by atoms with E-state index in [4.69, 9.17) is 23.2 Å². The molecular weight excluding hydrogens is 311 g/mol. The Hall–Kier alpha value is -2.04. The van der Waals surface area contributed by atoms with E-state index in [1.807, 2.05) is 0 Å². The molecule has 0 aliphatic carbocycles. The van der Waals surface area contributed by atoms with Crippen LogP contribution < -0.4 is 5.43 Å². The van der Waals surface area contributed by atoms with Crippen LogP contribution in [-0.2, 0) is 0 Å². The number of hydrazone groups is 1. The third-order valence-electron chi connectivity index (χ3n) is 2.77. The quantitative estimate of drug-likeness (QED) is 0.666. The molecule has 0 spiro atoms. The van der Waals surface area contributed by atoms with Crippen LogP contribution >= 0.6 is 23.2 Å². The number of amides is 1. The lowest BCUT2D eigenvalue weighted by molar-refractivity contribution is 0.0955. The van der Waals surface area contributed by atoms with Crippen molar-refractivity contribution in [2.75, 3.05) is 0 Å². The van der Waals surface area contributed by atoms with E-state index in [9.17, 15) is 9.90 Å². The summed E-state index contributed by atoms with van der Waals surface area (Å²) in [5.74, 6) is -0.288. The third kappa shape index (κ3) is 3.97. The molecule has 6 heteroatoms. The predicted octanol–water partition coefficient (Wildman–Crippen LogP) is 3.85. The number of aromatic hydroxyl groups is 1. The number of hydrogen-bond donors (Lipinski definition) is 2. The minimum absolute atomic E-state index is 0.0944. The number of phenols is 1. The third-order valence-corrected chi connectivity index (χ3v) is 3.34. The minimum atomic E-state index is -0.382. The molecule has 0 radical (unpaired) electrons. The summed E-state index contributed by atoms with van der Waals surface area (Å²) in [7, 11) is 0. The number of halogens is 2. The number of carbonyl (C=O) groups excluding carboxylic acids is 1. The zero-order valence-corrected chi connectivity index (χ0v) is 12.6. The largest absolute Gasteiger partial charge is 0.508 e. The lowest BCUT2D eigenvalue weighted by Gasteiger charge is -2.05. The van der Waals surface area contributed by atoms with E-state index >= 15 is 0 Å². The van der Waals surface area contributed by atoms with Crippen molar-refractivity contribution >= 4 is 34.8 Å². The molecule has 0 aromatic heterocycles. The maximum Gasteiger partial charge on any atom is 0.271 e. The van der Waals surface area contributed by atoms with Gasteiger partial charge in [-0.05, 0) is 49.4 Å². The second-order valence-electron chi connectivity index (χ2n) is 4.31. The number of benzene rings is 2. The zero-order chi connectivity index (χ0) is 15.4. The molecule has 0 unspecified atom stereocenters. The highest BCUT2D eigenvalue weighted by Gasteiger charge is 2.07. The number of carbonyl (C=O) groups is 1. The van der Waals surface area contributed by atoms with Crippen LogP contribution in [0.5, 0.6) is 5.75 Å². The van der Waals surface area contributed by atoms with Gasteiger partial charge in [-0.15, -0.1) is 0 Å². The summed E-state index contributed by atoms with van der Waals surface area (Å²) in [5.41, 5.74) is 4.00. The van der Waals surface area contributed by atoms with Crippen LogP contribution in [-0.4, -0.2) is 16.7 Å². The molecule has 0 saturated carbocycles. The van der Waals surface area contributed by atoms with Crippen LogP contribution in [0, 0.1) is 0 Å². The summed E-state index contributed by atoms with van der Waals surface area (Å²) in [6, 6.07) is 10.9. The second kappa shape index (κ2) is 6.61. The summed E-state index contributed by atoms with van der Waals surface area (Å²) in [6.07, 6.45) is 0. The van der Waals surface area contributed by atoms with E-state index in [1.54, 1.807) is 25.1 Å². The molecule has 21 heavy (non-hydrogen) atoms. The molecule has 0 atom stereocenters. The monoisotopic (exact) mass is 322 g/mol. The lowest BCUT2D eigenvalue weighted by Crippen LogP contribution is -2.19. The van der Waals surface area contributed by atoms with Gasteiger partial charge in [0.05, 0.1) is 5.71 Å². The number of nitrogens with one attached hydrogen (secondary N) is 1. The van der Waals surface area contributed by atoms with Crippen molar-refractivity contribution in [3.63, 3.8) is 0 Å². The molecule has 2 aromatic carbocycles. The van der Waals surface area contributed by atoms with Crippen LogP contribution in [0.25, 0.3) is 0 Å². The molecule has 0 fully saturated rings. The smallest absolute Gasteiger partial charge is 0.271 e. The summed E-state index contributed by atoms with van der Waals surface area (Å²) < 4.78 is 0. The predicted molar refractivity (Wildman–Crippen MR) is 84.2 cm³/mol. The number of hydrogen-bond acceptors (Lipinski definition) is 3. The Kier molecular flexibility index (Phi) is 4.83. The molecule has 0 aliphatic heterocycles. The first kappa shape index (κ1) is 15.4. The van der Waals surface area contributed by atoms with Crippen molar-refractivity contribution in [1.29, 1.82) is 0 Å². The Morgan fingerprint density at radius 3 is 2.48 bits per heavy atom. The van der Waals surface area contributed by atoms with Gasteiger partial charge in [0.2, 0.25) is 0 Å². The lowest BCUT2D eigenvalue weighted by atomic mass is 10.1. The van der Waals surface area contributed by atoms with Gasteiger partial charge >= 0.3 is 0 Å². The Balaban J connectivity index is 2.14. The van der Waals surface area contributed by atoms with E-state index in [2.05, 4.69) is 10.5 Å². The Morgan fingerprint density at radius 1 is 1.14 bits per heavy atom. The molecule has 2 N–H and O–H groups in total. The van der Waals surface area contributed by atoms with Crippen molar-refractivity contribution in [2.24, 2.45) is 5.10 Å².